The molecule has 0 aliphatic carbocycles. The van der Waals surface area contributed by atoms with Gasteiger partial charge in [-0.25, -0.2) is 8.42 Å². The number of carbonyl (C=O) groups is 1. The number of piperazine rings is 1. The predicted molar refractivity (Wildman–Crippen MR) is 118 cm³/mol. The van der Waals surface area contributed by atoms with E-state index in [1.54, 1.807) is 11.0 Å². The molecule has 2 aliphatic heterocycles. The fourth-order valence-electron chi connectivity index (χ4n) is 3.21. The van der Waals surface area contributed by atoms with Crippen LogP contribution in [0.3, 0.4) is 0 Å². The zero-order valence-corrected chi connectivity index (χ0v) is 18.1. The number of sulfonamides is 1. The van der Waals surface area contributed by atoms with Crippen molar-refractivity contribution in [2.24, 2.45) is 0 Å². The number of nitrogens with zero attached hydrogens (tertiary/aromatic N) is 3. The molecule has 3 rings (SSSR count). The summed E-state index contributed by atoms with van der Waals surface area (Å²) in [5.74, 6) is 0.333. The zero-order valence-electron chi connectivity index (χ0n) is 15.7. The Labute approximate surface area is 176 Å². The standard InChI is InChI=1S/C19H25N3O3S3/c23-18(16-27-19(26)21-9-4-5-10-21)20-11-13-22(14-12-20)28(24,25)15-8-17-6-2-1-3-7-17/h1-3,6-8,15H,4-5,9-14,16H2/b15-8+. The van der Waals surface area contributed by atoms with Crippen LogP contribution in [0.5, 0.6) is 0 Å². The molecule has 1 amide bonds. The SMILES string of the molecule is O=C(CSC(=S)N1CCCC1)N1CCN(S(=O)(=O)/C=C/c2ccccc2)CC1. The maximum atomic E-state index is 12.5. The highest BCUT2D eigenvalue weighted by Crippen LogP contribution is 2.17. The molecule has 0 unspecified atom stereocenters. The van der Waals surface area contributed by atoms with E-state index in [4.69, 9.17) is 12.2 Å². The number of rotatable bonds is 5. The van der Waals surface area contributed by atoms with E-state index < -0.39 is 10.0 Å². The largest absolute Gasteiger partial charge is 0.358 e. The Kier molecular flexibility index (Phi) is 7.50. The molecule has 1 aromatic carbocycles. The maximum absolute atomic E-state index is 12.5. The number of hydrogen-bond acceptors (Lipinski definition) is 5. The lowest BCUT2D eigenvalue weighted by Crippen LogP contribution is -2.50. The van der Waals surface area contributed by atoms with Crippen LogP contribution < -0.4 is 0 Å². The molecule has 2 saturated heterocycles. The van der Waals surface area contributed by atoms with Crippen LogP contribution in [0.2, 0.25) is 0 Å². The molecule has 1 aromatic rings. The first kappa shape index (κ1) is 21.3. The Morgan fingerprint density at radius 1 is 1.00 bits per heavy atom. The molecule has 152 valence electrons. The summed E-state index contributed by atoms with van der Waals surface area (Å²) in [5.41, 5.74) is 0.839. The lowest BCUT2D eigenvalue weighted by atomic mass is 10.2. The van der Waals surface area contributed by atoms with Crippen LogP contribution in [0.4, 0.5) is 0 Å². The van der Waals surface area contributed by atoms with Crippen LogP contribution in [0.25, 0.3) is 6.08 Å². The second-order valence-corrected chi connectivity index (χ2v) is 10.2. The first-order valence-electron chi connectivity index (χ1n) is 9.38. The van der Waals surface area contributed by atoms with E-state index in [0.29, 0.717) is 31.9 Å². The van der Waals surface area contributed by atoms with Crippen molar-refractivity contribution in [3.8, 4) is 0 Å². The molecular weight excluding hydrogens is 414 g/mol. The quantitative estimate of drug-likeness (QED) is 0.656. The minimum atomic E-state index is -3.49. The summed E-state index contributed by atoms with van der Waals surface area (Å²) in [4.78, 5) is 16.3. The second-order valence-electron chi connectivity index (χ2n) is 6.79. The number of carbonyl (C=O) groups excluding carboxylic acids is 1. The average molecular weight is 440 g/mol. The van der Waals surface area contributed by atoms with Crippen molar-refractivity contribution in [3.05, 3.63) is 41.3 Å². The predicted octanol–water partition coefficient (Wildman–Crippen LogP) is 2.25. The molecule has 0 saturated carbocycles. The molecule has 0 spiro atoms. The van der Waals surface area contributed by atoms with E-state index in [1.165, 1.54) is 21.5 Å². The van der Waals surface area contributed by atoms with Gasteiger partial charge in [0, 0.05) is 44.7 Å². The van der Waals surface area contributed by atoms with Crippen LogP contribution in [0, 0.1) is 0 Å². The van der Waals surface area contributed by atoms with Crippen molar-refractivity contribution >= 4 is 50.3 Å². The van der Waals surface area contributed by atoms with Gasteiger partial charge in [-0.15, -0.1) is 0 Å². The third-order valence-corrected chi connectivity index (χ3v) is 7.94. The summed E-state index contributed by atoms with van der Waals surface area (Å²) < 4.78 is 27.2. The Bertz CT molecular complexity index is 813. The number of benzene rings is 1. The van der Waals surface area contributed by atoms with Crippen molar-refractivity contribution in [2.75, 3.05) is 45.0 Å². The fourth-order valence-corrected chi connectivity index (χ4v) is 5.54. The number of hydrogen-bond donors (Lipinski definition) is 0. The van der Waals surface area contributed by atoms with Gasteiger partial charge in [0.1, 0.15) is 4.32 Å². The normalized spacial score (nSPS) is 18.7. The number of likely N-dealkylation sites (tertiary alicyclic amines) is 1. The fraction of sp³-hybridized carbons (Fsp3) is 0.474. The molecule has 9 heteroatoms. The lowest BCUT2D eigenvalue weighted by molar-refractivity contribution is -0.129. The highest BCUT2D eigenvalue weighted by molar-refractivity contribution is 8.23. The molecule has 0 atom stereocenters. The van der Waals surface area contributed by atoms with Crippen LogP contribution in [0.15, 0.2) is 35.7 Å². The van der Waals surface area contributed by atoms with Crippen molar-refractivity contribution < 1.29 is 13.2 Å². The third kappa shape index (κ3) is 5.79. The molecule has 2 heterocycles. The topological polar surface area (TPSA) is 60.9 Å². The van der Waals surface area contributed by atoms with Gasteiger partial charge in [-0.2, -0.15) is 4.31 Å². The van der Waals surface area contributed by atoms with Gasteiger partial charge in [-0.3, -0.25) is 4.79 Å². The van der Waals surface area contributed by atoms with E-state index in [2.05, 4.69) is 4.90 Å². The summed E-state index contributed by atoms with van der Waals surface area (Å²) in [6, 6.07) is 9.33. The Balaban J connectivity index is 1.46. The summed E-state index contributed by atoms with van der Waals surface area (Å²) in [7, 11) is -3.49. The first-order valence-corrected chi connectivity index (χ1v) is 12.3. The van der Waals surface area contributed by atoms with Gasteiger partial charge in [-0.1, -0.05) is 54.3 Å². The van der Waals surface area contributed by atoms with Gasteiger partial charge in [0.2, 0.25) is 15.9 Å². The van der Waals surface area contributed by atoms with E-state index >= 15 is 0 Å². The van der Waals surface area contributed by atoms with E-state index in [9.17, 15) is 13.2 Å². The summed E-state index contributed by atoms with van der Waals surface area (Å²) in [5, 5.41) is 1.24. The summed E-state index contributed by atoms with van der Waals surface area (Å²) >= 11 is 6.80. The molecule has 0 N–H and O–H groups in total. The molecule has 28 heavy (non-hydrogen) atoms. The van der Waals surface area contributed by atoms with Gasteiger partial charge >= 0.3 is 0 Å². The van der Waals surface area contributed by atoms with Crippen molar-refractivity contribution in [1.29, 1.82) is 0 Å². The van der Waals surface area contributed by atoms with Gasteiger partial charge in [0.05, 0.1) is 5.75 Å². The van der Waals surface area contributed by atoms with Gasteiger partial charge in [0.25, 0.3) is 0 Å². The monoisotopic (exact) mass is 439 g/mol. The molecule has 0 aromatic heterocycles. The van der Waals surface area contributed by atoms with Gasteiger partial charge < -0.3 is 9.80 Å². The molecule has 0 radical (unpaired) electrons. The molecule has 2 fully saturated rings. The van der Waals surface area contributed by atoms with Crippen LogP contribution in [-0.4, -0.2) is 77.8 Å². The Hall–Kier alpha value is -1.42. The van der Waals surface area contributed by atoms with Crippen LogP contribution in [0.1, 0.15) is 18.4 Å². The number of thioether (sulfide) groups is 1. The molecule has 2 aliphatic rings. The smallest absolute Gasteiger partial charge is 0.236 e. The molecule has 6 nitrogen and oxygen atoms in total. The van der Waals surface area contributed by atoms with Gasteiger partial charge in [0.15, 0.2) is 0 Å². The van der Waals surface area contributed by atoms with E-state index in [1.807, 2.05) is 30.3 Å². The molecular formula is C19H25N3O3S3. The van der Waals surface area contributed by atoms with E-state index in [0.717, 1.165) is 35.8 Å². The maximum Gasteiger partial charge on any atom is 0.236 e. The van der Waals surface area contributed by atoms with Crippen LogP contribution >= 0.6 is 24.0 Å². The van der Waals surface area contributed by atoms with Crippen LogP contribution in [-0.2, 0) is 14.8 Å². The van der Waals surface area contributed by atoms with Crippen molar-refractivity contribution in [3.63, 3.8) is 0 Å². The number of thiocarbonyl (C=S) groups is 1. The molecule has 0 bridgehead atoms. The highest BCUT2D eigenvalue weighted by atomic mass is 32.2. The Morgan fingerprint density at radius 3 is 2.29 bits per heavy atom. The third-order valence-electron chi connectivity index (χ3n) is 4.87. The van der Waals surface area contributed by atoms with Gasteiger partial charge in [-0.05, 0) is 24.5 Å². The average Bonchev–Trinajstić information content (AvgIpc) is 3.26. The Morgan fingerprint density at radius 2 is 1.64 bits per heavy atom. The minimum Gasteiger partial charge on any atom is -0.358 e. The van der Waals surface area contributed by atoms with E-state index in [-0.39, 0.29) is 5.91 Å². The minimum absolute atomic E-state index is 0.0171. The highest BCUT2D eigenvalue weighted by Gasteiger charge is 2.27. The number of amides is 1. The zero-order chi connectivity index (χ0) is 20.0. The second kappa shape index (κ2) is 9.87. The van der Waals surface area contributed by atoms with Crippen molar-refractivity contribution in [1.82, 2.24) is 14.1 Å². The summed E-state index contributed by atoms with van der Waals surface area (Å²) in [6.45, 7) is 3.41. The van der Waals surface area contributed by atoms with Crippen molar-refractivity contribution in [2.45, 2.75) is 12.8 Å². The first-order chi connectivity index (χ1) is 13.5. The lowest BCUT2D eigenvalue weighted by Gasteiger charge is -2.33. The summed E-state index contributed by atoms with van der Waals surface area (Å²) in [6.07, 6.45) is 3.91.